The lowest BCUT2D eigenvalue weighted by Crippen LogP contribution is -2.20. The minimum atomic E-state index is 0.756. The zero-order valence-corrected chi connectivity index (χ0v) is 8.59. The van der Waals surface area contributed by atoms with Crippen molar-refractivity contribution < 1.29 is 0 Å². The van der Waals surface area contributed by atoms with Gasteiger partial charge in [-0.15, -0.1) is 0 Å². The van der Waals surface area contributed by atoms with Crippen LogP contribution in [0.4, 0.5) is 0 Å². The Bertz CT molecular complexity index is 317. The highest BCUT2D eigenvalue weighted by molar-refractivity contribution is 5.46. The first kappa shape index (κ1) is 8.76. The number of rotatable bonds is 2. The molecule has 1 aliphatic rings. The highest BCUT2D eigenvalue weighted by Gasteiger charge is 2.29. The average Bonchev–Trinajstić information content (AvgIpc) is 2.17. The summed E-state index contributed by atoms with van der Waals surface area (Å²) < 4.78 is 0. The normalized spacial score (nSPS) is 25.2. The summed E-state index contributed by atoms with van der Waals surface area (Å²) in [6.07, 6.45) is 0. The Morgan fingerprint density at radius 3 is 2.54 bits per heavy atom. The molecule has 1 nitrogen and oxygen atoms in total. The van der Waals surface area contributed by atoms with Crippen molar-refractivity contribution in [2.45, 2.75) is 32.2 Å². The molecule has 0 saturated carbocycles. The number of fused-ring (bicyclic) bond motifs is 1. The van der Waals surface area contributed by atoms with Crippen LogP contribution in [0.3, 0.4) is 0 Å². The summed E-state index contributed by atoms with van der Waals surface area (Å²) in [6.45, 7) is 5.61. The van der Waals surface area contributed by atoms with Crippen LogP contribution in [0.1, 0.15) is 42.4 Å². The molecule has 0 aliphatic heterocycles. The SMILES string of the molecule is CNCc1ccc2c(c1)C(C)C2C. The van der Waals surface area contributed by atoms with Crippen LogP contribution in [0.15, 0.2) is 18.2 Å². The van der Waals surface area contributed by atoms with Crippen LogP contribution >= 0.6 is 0 Å². The van der Waals surface area contributed by atoms with E-state index in [9.17, 15) is 0 Å². The molecule has 1 aromatic carbocycles. The van der Waals surface area contributed by atoms with E-state index in [2.05, 4.69) is 37.4 Å². The second-order valence-corrected chi connectivity index (χ2v) is 4.07. The Morgan fingerprint density at radius 2 is 1.85 bits per heavy atom. The molecular formula is C12H17N. The topological polar surface area (TPSA) is 12.0 Å². The Hall–Kier alpha value is -0.820. The largest absolute Gasteiger partial charge is 0.316 e. The van der Waals surface area contributed by atoms with Gasteiger partial charge in [-0.05, 0) is 35.6 Å². The van der Waals surface area contributed by atoms with Gasteiger partial charge in [-0.1, -0.05) is 32.0 Å². The predicted molar refractivity (Wildman–Crippen MR) is 56.0 cm³/mol. The molecule has 70 valence electrons. The third kappa shape index (κ3) is 1.28. The molecule has 2 atom stereocenters. The third-order valence-electron chi connectivity index (χ3n) is 3.26. The van der Waals surface area contributed by atoms with Gasteiger partial charge in [-0.25, -0.2) is 0 Å². The van der Waals surface area contributed by atoms with Crippen LogP contribution in [0.5, 0.6) is 0 Å². The van der Waals surface area contributed by atoms with Crippen LogP contribution in [0.25, 0.3) is 0 Å². The summed E-state index contributed by atoms with van der Waals surface area (Å²) in [6, 6.07) is 6.86. The van der Waals surface area contributed by atoms with Crippen LogP contribution in [-0.2, 0) is 6.54 Å². The number of nitrogens with one attached hydrogen (secondary N) is 1. The minimum absolute atomic E-state index is 0.756. The molecule has 0 amide bonds. The summed E-state index contributed by atoms with van der Waals surface area (Å²) in [5, 5.41) is 3.18. The fourth-order valence-electron chi connectivity index (χ4n) is 2.19. The van der Waals surface area contributed by atoms with Crippen molar-refractivity contribution in [1.82, 2.24) is 5.32 Å². The molecule has 2 unspecified atom stereocenters. The van der Waals surface area contributed by atoms with Gasteiger partial charge in [0.05, 0.1) is 0 Å². The molecule has 0 spiro atoms. The molecule has 0 bridgehead atoms. The van der Waals surface area contributed by atoms with E-state index in [-0.39, 0.29) is 0 Å². The summed E-state index contributed by atoms with van der Waals surface area (Å²) >= 11 is 0. The predicted octanol–water partition coefficient (Wildman–Crippen LogP) is 2.63. The monoisotopic (exact) mass is 175 g/mol. The van der Waals surface area contributed by atoms with E-state index < -0.39 is 0 Å². The molecule has 1 aliphatic carbocycles. The van der Waals surface area contributed by atoms with Crippen LogP contribution in [0.2, 0.25) is 0 Å². The van der Waals surface area contributed by atoms with Crippen molar-refractivity contribution in [3.8, 4) is 0 Å². The molecule has 0 saturated heterocycles. The van der Waals surface area contributed by atoms with Gasteiger partial charge in [0.2, 0.25) is 0 Å². The summed E-state index contributed by atoms with van der Waals surface area (Å²) in [5.74, 6) is 1.52. The molecule has 2 rings (SSSR count). The van der Waals surface area contributed by atoms with Gasteiger partial charge >= 0.3 is 0 Å². The zero-order valence-electron chi connectivity index (χ0n) is 8.59. The van der Waals surface area contributed by atoms with E-state index >= 15 is 0 Å². The summed E-state index contributed by atoms with van der Waals surface area (Å²) in [4.78, 5) is 0. The van der Waals surface area contributed by atoms with Gasteiger partial charge < -0.3 is 5.32 Å². The smallest absolute Gasteiger partial charge is 0.0202 e. The Morgan fingerprint density at radius 1 is 1.15 bits per heavy atom. The second-order valence-electron chi connectivity index (χ2n) is 4.07. The molecule has 0 heterocycles. The van der Waals surface area contributed by atoms with E-state index in [4.69, 9.17) is 0 Å². The van der Waals surface area contributed by atoms with Crippen LogP contribution in [0, 0.1) is 0 Å². The van der Waals surface area contributed by atoms with Gasteiger partial charge in [0, 0.05) is 6.54 Å². The van der Waals surface area contributed by atoms with Crippen molar-refractivity contribution >= 4 is 0 Å². The standard InChI is InChI=1S/C12H17N/c1-8-9(2)12-6-10(7-13-3)4-5-11(8)12/h4-6,8-9,13H,7H2,1-3H3. The fourth-order valence-corrected chi connectivity index (χ4v) is 2.19. The fraction of sp³-hybridized carbons (Fsp3) is 0.500. The average molecular weight is 175 g/mol. The molecule has 1 heteroatoms. The Balaban J connectivity index is 2.29. The van der Waals surface area contributed by atoms with Crippen molar-refractivity contribution in [2.24, 2.45) is 0 Å². The minimum Gasteiger partial charge on any atom is -0.316 e. The zero-order chi connectivity index (χ0) is 9.42. The number of hydrogen-bond acceptors (Lipinski definition) is 1. The van der Waals surface area contributed by atoms with Crippen LogP contribution in [-0.4, -0.2) is 7.05 Å². The van der Waals surface area contributed by atoms with Crippen molar-refractivity contribution in [2.75, 3.05) is 7.05 Å². The Labute approximate surface area is 80.2 Å². The van der Waals surface area contributed by atoms with Gasteiger partial charge in [0.1, 0.15) is 0 Å². The molecule has 0 fully saturated rings. The molecule has 1 aromatic rings. The number of hydrogen-bond donors (Lipinski definition) is 1. The molecule has 1 N–H and O–H groups in total. The van der Waals surface area contributed by atoms with Crippen molar-refractivity contribution in [3.63, 3.8) is 0 Å². The lowest BCUT2D eigenvalue weighted by Gasteiger charge is -2.35. The van der Waals surface area contributed by atoms with E-state index in [1.807, 2.05) is 7.05 Å². The molecule has 0 aromatic heterocycles. The maximum Gasteiger partial charge on any atom is 0.0202 e. The summed E-state index contributed by atoms with van der Waals surface area (Å²) in [5.41, 5.74) is 4.51. The molecule has 13 heavy (non-hydrogen) atoms. The van der Waals surface area contributed by atoms with E-state index in [0.717, 1.165) is 18.4 Å². The molecule has 0 radical (unpaired) electrons. The van der Waals surface area contributed by atoms with Crippen molar-refractivity contribution in [3.05, 3.63) is 34.9 Å². The van der Waals surface area contributed by atoms with E-state index in [1.54, 1.807) is 11.1 Å². The first-order valence-corrected chi connectivity index (χ1v) is 5.01. The quantitative estimate of drug-likeness (QED) is 0.728. The third-order valence-corrected chi connectivity index (χ3v) is 3.26. The molecular weight excluding hydrogens is 158 g/mol. The Kier molecular flexibility index (Phi) is 2.12. The summed E-state index contributed by atoms with van der Waals surface area (Å²) in [7, 11) is 1.99. The lowest BCUT2D eigenvalue weighted by molar-refractivity contribution is 0.540. The van der Waals surface area contributed by atoms with E-state index in [0.29, 0.717) is 0 Å². The highest BCUT2D eigenvalue weighted by atomic mass is 14.8. The van der Waals surface area contributed by atoms with Gasteiger partial charge in [0.25, 0.3) is 0 Å². The second kappa shape index (κ2) is 3.15. The maximum absolute atomic E-state index is 3.18. The maximum atomic E-state index is 3.18. The van der Waals surface area contributed by atoms with E-state index in [1.165, 1.54) is 5.56 Å². The first-order chi connectivity index (χ1) is 6.24. The highest BCUT2D eigenvalue weighted by Crippen LogP contribution is 2.45. The lowest BCUT2D eigenvalue weighted by atomic mass is 9.69. The van der Waals surface area contributed by atoms with Gasteiger partial charge in [-0.3, -0.25) is 0 Å². The van der Waals surface area contributed by atoms with Crippen LogP contribution < -0.4 is 5.32 Å². The van der Waals surface area contributed by atoms with Gasteiger partial charge in [0.15, 0.2) is 0 Å². The first-order valence-electron chi connectivity index (χ1n) is 5.01. The van der Waals surface area contributed by atoms with Crippen molar-refractivity contribution in [1.29, 1.82) is 0 Å². The number of benzene rings is 1. The van der Waals surface area contributed by atoms with Gasteiger partial charge in [-0.2, -0.15) is 0 Å².